The summed E-state index contributed by atoms with van der Waals surface area (Å²) < 4.78 is 24.6. The summed E-state index contributed by atoms with van der Waals surface area (Å²) in [6.45, 7) is 3.60. The summed E-state index contributed by atoms with van der Waals surface area (Å²) >= 11 is 0. The molecule has 0 unspecified atom stereocenters. The van der Waals surface area contributed by atoms with Crippen LogP contribution < -0.4 is 0 Å². The van der Waals surface area contributed by atoms with E-state index in [1.807, 2.05) is 37.3 Å². The minimum absolute atomic E-state index is 0.320. The van der Waals surface area contributed by atoms with Crippen LogP contribution in [0.5, 0.6) is 0 Å². The van der Waals surface area contributed by atoms with Gasteiger partial charge in [-0.2, -0.15) is 0 Å². The third-order valence-electron chi connectivity index (χ3n) is 5.53. The molecule has 0 saturated carbocycles. The Bertz CT molecular complexity index is 1080. The molecule has 5 heteroatoms. The number of nitrogens with zero attached hydrogens (tertiary/aromatic N) is 1. The SMILES string of the molecule is COC(=O)[C@]1(c2cccc(F)c2C)C=C(c2ccc3onc(C)c3c2)CC1. The van der Waals surface area contributed by atoms with Crippen LogP contribution in [0.4, 0.5) is 4.39 Å². The lowest BCUT2D eigenvalue weighted by molar-refractivity contribution is -0.145. The average Bonchev–Trinajstić information content (AvgIpc) is 3.28. The zero-order chi connectivity index (χ0) is 19.2. The molecule has 0 N–H and O–H groups in total. The first-order valence-electron chi connectivity index (χ1n) is 8.88. The number of aryl methyl sites for hydroxylation is 1. The maximum atomic E-state index is 14.2. The lowest BCUT2D eigenvalue weighted by Crippen LogP contribution is -2.34. The lowest BCUT2D eigenvalue weighted by atomic mass is 9.77. The highest BCUT2D eigenvalue weighted by molar-refractivity contribution is 5.92. The van der Waals surface area contributed by atoms with Gasteiger partial charge in [-0.3, -0.25) is 4.79 Å². The number of carbonyl (C=O) groups is 1. The zero-order valence-electron chi connectivity index (χ0n) is 15.5. The van der Waals surface area contributed by atoms with Gasteiger partial charge < -0.3 is 9.26 Å². The van der Waals surface area contributed by atoms with E-state index in [0.717, 1.165) is 27.8 Å². The summed E-state index contributed by atoms with van der Waals surface area (Å²) in [7, 11) is 1.37. The number of fused-ring (bicyclic) bond motifs is 1. The van der Waals surface area contributed by atoms with Gasteiger partial charge in [0.25, 0.3) is 0 Å². The van der Waals surface area contributed by atoms with Crippen molar-refractivity contribution >= 4 is 22.5 Å². The first-order valence-corrected chi connectivity index (χ1v) is 8.88. The van der Waals surface area contributed by atoms with Gasteiger partial charge in [-0.25, -0.2) is 4.39 Å². The molecule has 1 aliphatic carbocycles. The highest BCUT2D eigenvalue weighted by atomic mass is 19.1. The van der Waals surface area contributed by atoms with Crippen LogP contribution >= 0.6 is 0 Å². The van der Waals surface area contributed by atoms with Crippen molar-refractivity contribution < 1.29 is 18.4 Å². The largest absolute Gasteiger partial charge is 0.468 e. The standard InChI is InChI=1S/C22H20FNO3/c1-13-18(5-4-6-19(13)23)22(21(25)26-3)10-9-16(12-22)15-7-8-20-17(11-15)14(2)24-27-20/h4-8,11-12H,9-10H2,1-3H3/t22-/m0/s1. The molecule has 3 aromatic rings. The number of hydrogen-bond donors (Lipinski definition) is 0. The van der Waals surface area contributed by atoms with Crippen molar-refractivity contribution in [2.75, 3.05) is 7.11 Å². The molecule has 138 valence electrons. The van der Waals surface area contributed by atoms with Crippen LogP contribution in [0.1, 0.15) is 35.2 Å². The van der Waals surface area contributed by atoms with E-state index in [0.29, 0.717) is 24.0 Å². The molecule has 0 bridgehead atoms. The number of aromatic nitrogens is 1. The van der Waals surface area contributed by atoms with E-state index in [4.69, 9.17) is 9.26 Å². The second-order valence-electron chi connectivity index (χ2n) is 7.02. The minimum Gasteiger partial charge on any atom is -0.468 e. The number of halogens is 1. The summed E-state index contributed by atoms with van der Waals surface area (Å²) in [6, 6.07) is 10.7. The molecule has 4 rings (SSSR count). The summed E-state index contributed by atoms with van der Waals surface area (Å²) in [5, 5.41) is 4.94. The molecule has 0 fully saturated rings. The molecular formula is C22H20FNO3. The molecule has 1 aromatic heterocycles. The fourth-order valence-corrected chi connectivity index (χ4v) is 4.02. The quantitative estimate of drug-likeness (QED) is 0.621. The third-order valence-corrected chi connectivity index (χ3v) is 5.53. The Kier molecular flexibility index (Phi) is 4.10. The Balaban J connectivity index is 1.86. The van der Waals surface area contributed by atoms with Gasteiger partial charge in [-0.1, -0.05) is 29.4 Å². The Labute approximate surface area is 156 Å². The summed E-state index contributed by atoms with van der Waals surface area (Å²) in [5.41, 5.74) is 3.76. The van der Waals surface area contributed by atoms with E-state index in [9.17, 15) is 9.18 Å². The number of esters is 1. The van der Waals surface area contributed by atoms with E-state index in [-0.39, 0.29) is 11.8 Å². The number of allylic oxidation sites excluding steroid dienone is 1. The second kappa shape index (κ2) is 6.34. The van der Waals surface area contributed by atoms with Crippen molar-refractivity contribution in [2.24, 2.45) is 0 Å². The zero-order valence-corrected chi connectivity index (χ0v) is 15.5. The minimum atomic E-state index is -0.977. The predicted molar refractivity (Wildman–Crippen MR) is 101 cm³/mol. The first-order chi connectivity index (χ1) is 13.0. The Morgan fingerprint density at radius 2 is 2.07 bits per heavy atom. The summed E-state index contributed by atoms with van der Waals surface area (Å²) in [5.74, 6) is -0.687. The molecular weight excluding hydrogens is 345 g/mol. The molecule has 0 radical (unpaired) electrons. The highest BCUT2D eigenvalue weighted by Gasteiger charge is 2.44. The van der Waals surface area contributed by atoms with Gasteiger partial charge in [-0.05, 0) is 67.2 Å². The number of carbonyl (C=O) groups excluding carboxylic acids is 1. The second-order valence-corrected chi connectivity index (χ2v) is 7.02. The van der Waals surface area contributed by atoms with Crippen molar-refractivity contribution in [3.05, 3.63) is 70.7 Å². The van der Waals surface area contributed by atoms with Gasteiger partial charge in [0.05, 0.1) is 12.8 Å². The molecule has 0 aliphatic heterocycles. The average molecular weight is 365 g/mol. The molecule has 2 aromatic carbocycles. The van der Waals surface area contributed by atoms with Crippen molar-refractivity contribution in [1.29, 1.82) is 0 Å². The number of benzene rings is 2. The lowest BCUT2D eigenvalue weighted by Gasteiger charge is -2.26. The molecule has 1 aliphatic rings. The van der Waals surface area contributed by atoms with Gasteiger partial charge >= 0.3 is 5.97 Å². The van der Waals surface area contributed by atoms with E-state index in [1.165, 1.54) is 13.2 Å². The smallest absolute Gasteiger partial charge is 0.320 e. The number of ether oxygens (including phenoxy) is 1. The van der Waals surface area contributed by atoms with Crippen molar-refractivity contribution in [1.82, 2.24) is 5.16 Å². The number of methoxy groups -OCH3 is 1. The van der Waals surface area contributed by atoms with Crippen molar-refractivity contribution in [3.8, 4) is 0 Å². The van der Waals surface area contributed by atoms with Gasteiger partial charge in [0.2, 0.25) is 0 Å². The van der Waals surface area contributed by atoms with Crippen LogP contribution in [-0.4, -0.2) is 18.2 Å². The van der Waals surface area contributed by atoms with Crippen LogP contribution in [-0.2, 0) is 14.9 Å². The Morgan fingerprint density at radius 3 is 2.85 bits per heavy atom. The topological polar surface area (TPSA) is 52.3 Å². The fraction of sp³-hybridized carbons (Fsp3) is 0.273. The van der Waals surface area contributed by atoms with Crippen molar-refractivity contribution in [3.63, 3.8) is 0 Å². The van der Waals surface area contributed by atoms with E-state index >= 15 is 0 Å². The number of hydrogen-bond acceptors (Lipinski definition) is 4. The Morgan fingerprint density at radius 1 is 1.26 bits per heavy atom. The van der Waals surface area contributed by atoms with E-state index in [1.54, 1.807) is 13.0 Å². The molecule has 27 heavy (non-hydrogen) atoms. The van der Waals surface area contributed by atoms with E-state index in [2.05, 4.69) is 5.16 Å². The van der Waals surface area contributed by atoms with Gasteiger partial charge in [0.15, 0.2) is 5.58 Å². The molecule has 1 atom stereocenters. The summed E-state index contributed by atoms with van der Waals surface area (Å²) in [6.07, 6.45) is 3.17. The van der Waals surface area contributed by atoms with Crippen LogP contribution in [0.2, 0.25) is 0 Å². The first kappa shape index (κ1) is 17.5. The molecule has 0 spiro atoms. The maximum absolute atomic E-state index is 14.2. The number of rotatable bonds is 3. The van der Waals surface area contributed by atoms with Crippen LogP contribution in [0.25, 0.3) is 16.5 Å². The summed E-state index contributed by atoms with van der Waals surface area (Å²) in [4.78, 5) is 12.8. The molecule has 4 nitrogen and oxygen atoms in total. The molecule has 0 amide bonds. The van der Waals surface area contributed by atoms with Gasteiger partial charge in [0.1, 0.15) is 11.2 Å². The van der Waals surface area contributed by atoms with Gasteiger partial charge in [0, 0.05) is 5.39 Å². The monoisotopic (exact) mass is 365 g/mol. The van der Waals surface area contributed by atoms with Crippen LogP contribution in [0.3, 0.4) is 0 Å². The maximum Gasteiger partial charge on any atom is 0.320 e. The Hall–Kier alpha value is -2.95. The molecule has 0 saturated heterocycles. The normalized spacial score (nSPS) is 19.3. The van der Waals surface area contributed by atoms with Gasteiger partial charge in [-0.15, -0.1) is 0 Å². The third kappa shape index (κ3) is 2.65. The fourth-order valence-electron chi connectivity index (χ4n) is 4.02. The van der Waals surface area contributed by atoms with Crippen molar-refractivity contribution in [2.45, 2.75) is 32.1 Å². The van der Waals surface area contributed by atoms with Crippen LogP contribution in [0.15, 0.2) is 47.0 Å². The predicted octanol–water partition coefficient (Wildman–Crippen LogP) is 4.87. The van der Waals surface area contributed by atoms with E-state index < -0.39 is 5.41 Å². The van der Waals surface area contributed by atoms with Crippen LogP contribution in [0, 0.1) is 19.7 Å². The molecule has 1 heterocycles. The highest BCUT2D eigenvalue weighted by Crippen LogP contribution is 2.45.